The van der Waals surface area contributed by atoms with E-state index in [4.69, 9.17) is 4.98 Å². The topological polar surface area (TPSA) is 62.7 Å². The maximum atomic E-state index is 4.71. The highest BCUT2D eigenvalue weighted by Crippen LogP contribution is 2.22. The van der Waals surface area contributed by atoms with E-state index >= 15 is 0 Å². The molecule has 2 aromatic rings. The summed E-state index contributed by atoms with van der Waals surface area (Å²) in [4.78, 5) is 13.5. The van der Waals surface area contributed by atoms with Gasteiger partial charge in [0, 0.05) is 36.5 Å². The Balaban J connectivity index is 1.79. The van der Waals surface area contributed by atoms with Gasteiger partial charge in [0.2, 0.25) is 0 Å². The van der Waals surface area contributed by atoms with Crippen molar-refractivity contribution in [2.75, 3.05) is 25.0 Å². The molecule has 23 heavy (non-hydrogen) atoms. The molecule has 1 aliphatic heterocycles. The Hall–Kier alpha value is -2.01. The third kappa shape index (κ3) is 4.26. The van der Waals surface area contributed by atoms with Gasteiger partial charge in [0.05, 0.1) is 5.69 Å². The number of pyridine rings is 1. The van der Waals surface area contributed by atoms with Crippen LogP contribution in [-0.2, 0) is 0 Å². The van der Waals surface area contributed by atoms with Gasteiger partial charge in [0.25, 0.3) is 0 Å². The van der Waals surface area contributed by atoms with Crippen molar-refractivity contribution in [3.05, 3.63) is 36.4 Å². The molecule has 0 amide bonds. The largest absolute Gasteiger partial charge is 0.370 e. The lowest BCUT2D eigenvalue weighted by atomic mass is 10.00. The Morgan fingerprint density at radius 2 is 2.09 bits per heavy atom. The quantitative estimate of drug-likeness (QED) is 0.888. The Labute approximate surface area is 138 Å². The standard InChI is InChI=1S/C18H25N5/c1-13(2)18-22-16(15-5-8-19-9-6-15)10-17(23-18)21-12-14-4-3-7-20-11-14/h5-6,8-10,13-14,20H,3-4,7,11-12H2,1-2H3,(H,21,22,23). The first-order valence-electron chi connectivity index (χ1n) is 8.46. The van der Waals surface area contributed by atoms with Gasteiger partial charge in [0.1, 0.15) is 11.6 Å². The van der Waals surface area contributed by atoms with E-state index in [2.05, 4.69) is 34.4 Å². The SMILES string of the molecule is CC(C)c1nc(NCC2CCCNC2)cc(-c2ccncc2)n1. The van der Waals surface area contributed by atoms with Crippen molar-refractivity contribution in [2.24, 2.45) is 5.92 Å². The fourth-order valence-corrected chi connectivity index (χ4v) is 2.83. The highest BCUT2D eigenvalue weighted by molar-refractivity contribution is 5.62. The fraction of sp³-hybridized carbons (Fsp3) is 0.500. The molecule has 0 bridgehead atoms. The highest BCUT2D eigenvalue weighted by atomic mass is 15.0. The van der Waals surface area contributed by atoms with Crippen LogP contribution in [0.3, 0.4) is 0 Å². The number of hydrogen-bond donors (Lipinski definition) is 2. The normalized spacial score (nSPS) is 18.1. The summed E-state index contributed by atoms with van der Waals surface area (Å²) in [7, 11) is 0. The molecule has 1 fully saturated rings. The summed E-state index contributed by atoms with van der Waals surface area (Å²) in [5.41, 5.74) is 2.03. The summed E-state index contributed by atoms with van der Waals surface area (Å²) in [5, 5.41) is 6.97. The molecule has 0 aliphatic carbocycles. The summed E-state index contributed by atoms with van der Waals surface area (Å²) in [6, 6.07) is 6.01. The van der Waals surface area contributed by atoms with E-state index in [1.54, 1.807) is 12.4 Å². The number of nitrogens with zero attached hydrogens (tertiary/aromatic N) is 3. The zero-order valence-electron chi connectivity index (χ0n) is 13.9. The molecular formula is C18H25N5. The zero-order chi connectivity index (χ0) is 16.1. The summed E-state index contributed by atoms with van der Waals surface area (Å²) in [5.74, 6) is 2.77. The average Bonchev–Trinajstić information content (AvgIpc) is 2.61. The van der Waals surface area contributed by atoms with Crippen LogP contribution < -0.4 is 10.6 Å². The van der Waals surface area contributed by atoms with Crippen molar-refractivity contribution in [2.45, 2.75) is 32.6 Å². The van der Waals surface area contributed by atoms with E-state index in [9.17, 15) is 0 Å². The summed E-state index contributed by atoms with van der Waals surface area (Å²) < 4.78 is 0. The van der Waals surface area contributed by atoms with E-state index < -0.39 is 0 Å². The van der Waals surface area contributed by atoms with E-state index in [1.807, 2.05) is 18.2 Å². The molecule has 3 rings (SSSR count). The monoisotopic (exact) mass is 311 g/mol. The van der Waals surface area contributed by atoms with Crippen molar-refractivity contribution in [1.82, 2.24) is 20.3 Å². The maximum Gasteiger partial charge on any atom is 0.133 e. The minimum absolute atomic E-state index is 0.300. The number of rotatable bonds is 5. The van der Waals surface area contributed by atoms with Crippen LogP contribution in [0, 0.1) is 5.92 Å². The van der Waals surface area contributed by atoms with Crippen LogP contribution in [0.4, 0.5) is 5.82 Å². The molecule has 2 N–H and O–H groups in total. The molecule has 5 nitrogen and oxygen atoms in total. The molecular weight excluding hydrogens is 286 g/mol. The number of anilines is 1. The van der Waals surface area contributed by atoms with E-state index in [1.165, 1.54) is 12.8 Å². The Bertz CT molecular complexity index is 621. The number of nitrogens with one attached hydrogen (secondary N) is 2. The molecule has 1 saturated heterocycles. The third-order valence-electron chi connectivity index (χ3n) is 4.21. The summed E-state index contributed by atoms with van der Waals surface area (Å²) in [6.45, 7) is 7.44. The van der Waals surface area contributed by atoms with Gasteiger partial charge in [-0.05, 0) is 44.0 Å². The Morgan fingerprint density at radius 1 is 1.26 bits per heavy atom. The van der Waals surface area contributed by atoms with Gasteiger partial charge in [-0.2, -0.15) is 0 Å². The molecule has 3 heterocycles. The van der Waals surface area contributed by atoms with Crippen molar-refractivity contribution in [3.8, 4) is 11.3 Å². The van der Waals surface area contributed by atoms with Gasteiger partial charge in [-0.25, -0.2) is 9.97 Å². The lowest BCUT2D eigenvalue weighted by Gasteiger charge is -2.23. The number of aromatic nitrogens is 3. The van der Waals surface area contributed by atoms with E-state index in [-0.39, 0.29) is 0 Å². The molecule has 0 spiro atoms. The van der Waals surface area contributed by atoms with Crippen LogP contribution in [0.1, 0.15) is 38.4 Å². The maximum absolute atomic E-state index is 4.71. The van der Waals surface area contributed by atoms with Crippen molar-refractivity contribution >= 4 is 5.82 Å². The molecule has 1 unspecified atom stereocenters. The van der Waals surface area contributed by atoms with Gasteiger partial charge in [-0.15, -0.1) is 0 Å². The Morgan fingerprint density at radius 3 is 2.78 bits per heavy atom. The molecule has 122 valence electrons. The summed E-state index contributed by atoms with van der Waals surface area (Å²) in [6.07, 6.45) is 6.13. The van der Waals surface area contributed by atoms with E-state index in [0.717, 1.165) is 42.5 Å². The molecule has 0 radical (unpaired) electrons. The lowest BCUT2D eigenvalue weighted by molar-refractivity contribution is 0.392. The second kappa shape index (κ2) is 7.51. The minimum atomic E-state index is 0.300. The van der Waals surface area contributed by atoms with Crippen LogP contribution in [0.15, 0.2) is 30.6 Å². The van der Waals surface area contributed by atoms with E-state index in [0.29, 0.717) is 11.8 Å². The first-order chi connectivity index (χ1) is 11.2. The minimum Gasteiger partial charge on any atom is -0.370 e. The number of hydrogen-bond acceptors (Lipinski definition) is 5. The second-order valence-corrected chi connectivity index (χ2v) is 6.48. The van der Waals surface area contributed by atoms with Gasteiger partial charge in [-0.1, -0.05) is 13.8 Å². The molecule has 2 aromatic heterocycles. The molecule has 5 heteroatoms. The predicted octanol–water partition coefficient (Wildman–Crippen LogP) is 3.07. The Kier molecular flexibility index (Phi) is 5.18. The van der Waals surface area contributed by atoms with Crippen LogP contribution in [-0.4, -0.2) is 34.6 Å². The van der Waals surface area contributed by atoms with Gasteiger partial charge in [0.15, 0.2) is 0 Å². The second-order valence-electron chi connectivity index (χ2n) is 6.48. The van der Waals surface area contributed by atoms with Crippen LogP contribution >= 0.6 is 0 Å². The fourth-order valence-electron chi connectivity index (χ4n) is 2.83. The molecule has 1 aliphatic rings. The third-order valence-corrected chi connectivity index (χ3v) is 4.21. The van der Waals surface area contributed by atoms with Crippen LogP contribution in [0.25, 0.3) is 11.3 Å². The van der Waals surface area contributed by atoms with Gasteiger partial charge < -0.3 is 10.6 Å². The van der Waals surface area contributed by atoms with Crippen LogP contribution in [0.2, 0.25) is 0 Å². The first-order valence-corrected chi connectivity index (χ1v) is 8.46. The van der Waals surface area contributed by atoms with Crippen molar-refractivity contribution in [3.63, 3.8) is 0 Å². The molecule has 1 atom stereocenters. The van der Waals surface area contributed by atoms with Crippen molar-refractivity contribution in [1.29, 1.82) is 0 Å². The summed E-state index contributed by atoms with van der Waals surface area (Å²) >= 11 is 0. The van der Waals surface area contributed by atoms with Gasteiger partial charge in [-0.3, -0.25) is 4.98 Å². The zero-order valence-corrected chi connectivity index (χ0v) is 13.9. The number of piperidine rings is 1. The van der Waals surface area contributed by atoms with Crippen LogP contribution in [0.5, 0.6) is 0 Å². The van der Waals surface area contributed by atoms with Gasteiger partial charge >= 0.3 is 0 Å². The first kappa shape index (κ1) is 15.9. The highest BCUT2D eigenvalue weighted by Gasteiger charge is 2.14. The molecule has 0 saturated carbocycles. The van der Waals surface area contributed by atoms with Crippen molar-refractivity contribution < 1.29 is 0 Å². The average molecular weight is 311 g/mol. The molecule has 0 aromatic carbocycles. The smallest absolute Gasteiger partial charge is 0.133 e. The lowest BCUT2D eigenvalue weighted by Crippen LogP contribution is -2.33. The predicted molar refractivity (Wildman–Crippen MR) is 93.4 cm³/mol.